The molecule has 4 nitrogen and oxygen atoms in total. The monoisotopic (exact) mass is 279 g/mol. The molecule has 0 bridgehead atoms. The minimum Gasteiger partial charge on any atom is -0.378 e. The number of ether oxygens (including phenoxy) is 1. The van der Waals surface area contributed by atoms with E-state index < -0.39 is 0 Å². The minimum atomic E-state index is 0.607. The van der Waals surface area contributed by atoms with Gasteiger partial charge in [0.05, 0.1) is 24.5 Å². The Morgan fingerprint density at radius 1 is 1.10 bits per heavy atom. The molecule has 3 rings (SSSR count). The van der Waals surface area contributed by atoms with Gasteiger partial charge < -0.3 is 9.64 Å². The van der Waals surface area contributed by atoms with Crippen molar-refractivity contribution >= 4 is 5.82 Å². The van der Waals surface area contributed by atoms with Crippen LogP contribution in [0.2, 0.25) is 0 Å². The van der Waals surface area contributed by atoms with Crippen molar-refractivity contribution in [2.45, 2.75) is 6.92 Å². The number of nitrogens with zero attached hydrogens (tertiary/aromatic N) is 3. The average molecular weight is 279 g/mol. The average Bonchev–Trinajstić information content (AvgIpc) is 2.56. The van der Waals surface area contributed by atoms with Crippen LogP contribution in [0.1, 0.15) is 11.1 Å². The lowest BCUT2D eigenvalue weighted by molar-refractivity contribution is 0.122. The lowest BCUT2D eigenvalue weighted by Crippen LogP contribution is -2.36. The Hall–Kier alpha value is -2.38. The molecule has 1 aromatic heterocycles. The van der Waals surface area contributed by atoms with Crippen LogP contribution in [0, 0.1) is 18.3 Å². The first-order valence-corrected chi connectivity index (χ1v) is 7.09. The Morgan fingerprint density at radius 3 is 2.48 bits per heavy atom. The van der Waals surface area contributed by atoms with Crippen LogP contribution in [0.15, 0.2) is 36.4 Å². The number of morpholine rings is 1. The summed E-state index contributed by atoms with van der Waals surface area (Å²) in [7, 11) is 0. The fourth-order valence-corrected chi connectivity index (χ4v) is 2.44. The molecule has 0 radical (unpaired) electrons. The van der Waals surface area contributed by atoms with Gasteiger partial charge in [-0.3, -0.25) is 0 Å². The van der Waals surface area contributed by atoms with Crippen molar-refractivity contribution in [3.05, 3.63) is 47.5 Å². The van der Waals surface area contributed by atoms with Crippen LogP contribution in [-0.4, -0.2) is 31.3 Å². The first-order valence-electron chi connectivity index (χ1n) is 7.09. The van der Waals surface area contributed by atoms with Gasteiger partial charge in [-0.1, -0.05) is 29.8 Å². The van der Waals surface area contributed by atoms with Crippen molar-refractivity contribution in [2.75, 3.05) is 31.2 Å². The van der Waals surface area contributed by atoms with E-state index in [1.807, 2.05) is 43.3 Å². The summed E-state index contributed by atoms with van der Waals surface area (Å²) in [5.74, 6) is 0.910. The first kappa shape index (κ1) is 13.6. The van der Waals surface area contributed by atoms with Crippen molar-refractivity contribution in [3.63, 3.8) is 0 Å². The Balaban J connectivity index is 2.01. The van der Waals surface area contributed by atoms with Gasteiger partial charge in [-0.15, -0.1) is 0 Å². The van der Waals surface area contributed by atoms with Gasteiger partial charge in [-0.25, -0.2) is 4.98 Å². The smallest absolute Gasteiger partial charge is 0.129 e. The molecule has 1 fully saturated rings. The number of hydrogen-bond donors (Lipinski definition) is 0. The zero-order valence-electron chi connectivity index (χ0n) is 12.0. The molecule has 21 heavy (non-hydrogen) atoms. The van der Waals surface area contributed by atoms with E-state index in [0.717, 1.165) is 43.4 Å². The van der Waals surface area contributed by atoms with Gasteiger partial charge in [-0.05, 0) is 19.1 Å². The Labute approximate surface area is 124 Å². The van der Waals surface area contributed by atoms with E-state index in [1.54, 1.807) is 0 Å². The van der Waals surface area contributed by atoms with Crippen molar-refractivity contribution in [3.8, 4) is 17.3 Å². The highest BCUT2D eigenvalue weighted by Crippen LogP contribution is 2.25. The molecule has 0 spiro atoms. The number of rotatable bonds is 2. The van der Waals surface area contributed by atoms with Crippen LogP contribution in [0.5, 0.6) is 0 Å². The van der Waals surface area contributed by atoms with Gasteiger partial charge in [0.1, 0.15) is 11.9 Å². The molecule has 1 aliphatic rings. The van der Waals surface area contributed by atoms with E-state index in [0.29, 0.717) is 5.56 Å². The van der Waals surface area contributed by atoms with Crippen LogP contribution in [-0.2, 0) is 4.74 Å². The zero-order chi connectivity index (χ0) is 14.7. The fraction of sp³-hybridized carbons (Fsp3) is 0.294. The zero-order valence-corrected chi connectivity index (χ0v) is 12.0. The molecule has 0 N–H and O–H groups in total. The molecule has 1 saturated heterocycles. The molecular weight excluding hydrogens is 262 g/mol. The lowest BCUT2D eigenvalue weighted by Gasteiger charge is -2.28. The highest BCUT2D eigenvalue weighted by atomic mass is 16.5. The second-order valence-corrected chi connectivity index (χ2v) is 5.14. The van der Waals surface area contributed by atoms with E-state index in [2.05, 4.69) is 11.0 Å². The number of anilines is 1. The van der Waals surface area contributed by atoms with Crippen molar-refractivity contribution in [1.82, 2.24) is 4.98 Å². The van der Waals surface area contributed by atoms with Crippen LogP contribution in [0.25, 0.3) is 11.3 Å². The molecule has 2 heterocycles. The maximum absolute atomic E-state index is 9.31. The quantitative estimate of drug-likeness (QED) is 0.848. The molecule has 0 atom stereocenters. The Bertz CT molecular complexity index is 667. The highest BCUT2D eigenvalue weighted by molar-refractivity contribution is 5.69. The molecule has 0 amide bonds. The third-order valence-corrected chi connectivity index (χ3v) is 3.66. The highest BCUT2D eigenvalue weighted by Gasteiger charge is 2.15. The largest absolute Gasteiger partial charge is 0.378 e. The molecule has 0 saturated carbocycles. The predicted molar refractivity (Wildman–Crippen MR) is 82.2 cm³/mol. The summed E-state index contributed by atoms with van der Waals surface area (Å²) in [5, 5.41) is 9.31. The van der Waals surface area contributed by atoms with Crippen molar-refractivity contribution in [2.24, 2.45) is 0 Å². The maximum atomic E-state index is 9.31. The van der Waals surface area contributed by atoms with Crippen LogP contribution < -0.4 is 4.90 Å². The maximum Gasteiger partial charge on any atom is 0.129 e. The SMILES string of the molecule is Cc1ccc(-c2nc(N3CCOCC3)ccc2C#N)cc1. The van der Waals surface area contributed by atoms with Crippen molar-refractivity contribution < 1.29 is 4.74 Å². The molecule has 4 heteroatoms. The first-order chi connectivity index (χ1) is 10.3. The third kappa shape index (κ3) is 2.88. The summed E-state index contributed by atoms with van der Waals surface area (Å²) < 4.78 is 5.37. The summed E-state index contributed by atoms with van der Waals surface area (Å²) in [6.07, 6.45) is 0. The second-order valence-electron chi connectivity index (χ2n) is 5.14. The number of hydrogen-bond acceptors (Lipinski definition) is 4. The summed E-state index contributed by atoms with van der Waals surface area (Å²) in [6.45, 7) is 5.17. The molecular formula is C17H17N3O. The van der Waals surface area contributed by atoms with E-state index in [9.17, 15) is 5.26 Å². The molecule has 0 aliphatic carbocycles. The van der Waals surface area contributed by atoms with E-state index in [4.69, 9.17) is 9.72 Å². The minimum absolute atomic E-state index is 0.607. The van der Waals surface area contributed by atoms with Crippen LogP contribution in [0.3, 0.4) is 0 Å². The summed E-state index contributed by atoms with van der Waals surface area (Å²) in [4.78, 5) is 6.91. The van der Waals surface area contributed by atoms with Gasteiger partial charge in [0.25, 0.3) is 0 Å². The van der Waals surface area contributed by atoms with Crippen molar-refractivity contribution in [1.29, 1.82) is 5.26 Å². The molecule has 1 aromatic carbocycles. The molecule has 2 aromatic rings. The van der Waals surface area contributed by atoms with Crippen LogP contribution in [0.4, 0.5) is 5.82 Å². The summed E-state index contributed by atoms with van der Waals surface area (Å²) >= 11 is 0. The summed E-state index contributed by atoms with van der Waals surface area (Å²) in [5.41, 5.74) is 3.53. The standard InChI is InChI=1S/C17H17N3O/c1-13-2-4-14(5-3-13)17-15(12-18)6-7-16(19-17)20-8-10-21-11-9-20/h2-7H,8-11H2,1H3. The Morgan fingerprint density at radius 2 is 1.81 bits per heavy atom. The number of benzene rings is 1. The van der Waals surface area contributed by atoms with E-state index in [-0.39, 0.29) is 0 Å². The lowest BCUT2D eigenvalue weighted by atomic mass is 10.0. The summed E-state index contributed by atoms with van der Waals surface area (Å²) in [6, 6.07) is 14.1. The Kier molecular flexibility index (Phi) is 3.85. The molecule has 106 valence electrons. The van der Waals surface area contributed by atoms with Crippen LogP contribution >= 0.6 is 0 Å². The van der Waals surface area contributed by atoms with Gasteiger partial charge >= 0.3 is 0 Å². The fourth-order valence-electron chi connectivity index (χ4n) is 2.44. The normalized spacial score (nSPS) is 14.8. The topological polar surface area (TPSA) is 49.2 Å². The van der Waals surface area contributed by atoms with Gasteiger partial charge in [-0.2, -0.15) is 5.26 Å². The number of pyridine rings is 1. The number of nitriles is 1. The molecule has 0 unspecified atom stereocenters. The second kappa shape index (κ2) is 5.94. The van der Waals surface area contributed by atoms with Gasteiger partial charge in [0, 0.05) is 18.7 Å². The van der Waals surface area contributed by atoms with Gasteiger partial charge in [0.2, 0.25) is 0 Å². The van der Waals surface area contributed by atoms with E-state index >= 15 is 0 Å². The number of aromatic nitrogens is 1. The number of aryl methyl sites for hydroxylation is 1. The molecule has 1 aliphatic heterocycles. The third-order valence-electron chi connectivity index (χ3n) is 3.66. The van der Waals surface area contributed by atoms with Gasteiger partial charge in [0.15, 0.2) is 0 Å². The van der Waals surface area contributed by atoms with E-state index in [1.165, 1.54) is 5.56 Å². The predicted octanol–water partition coefficient (Wildman–Crippen LogP) is 2.77.